The van der Waals surface area contributed by atoms with Gasteiger partial charge in [0, 0.05) is 24.0 Å². The van der Waals surface area contributed by atoms with Crippen LogP contribution in [0.4, 0.5) is 0 Å². The van der Waals surface area contributed by atoms with Gasteiger partial charge in [-0.3, -0.25) is 9.69 Å². The van der Waals surface area contributed by atoms with Crippen LogP contribution < -0.4 is 0 Å². The molecular formula is C17H32N2O. The summed E-state index contributed by atoms with van der Waals surface area (Å²) in [7, 11) is 0. The van der Waals surface area contributed by atoms with Crippen LogP contribution in [0, 0.1) is 5.41 Å². The third-order valence-electron chi connectivity index (χ3n) is 5.28. The molecule has 0 aromatic rings. The molecule has 2 aliphatic heterocycles. The van der Waals surface area contributed by atoms with E-state index in [0.29, 0.717) is 11.3 Å². The highest BCUT2D eigenvalue weighted by Crippen LogP contribution is 2.44. The van der Waals surface area contributed by atoms with E-state index in [2.05, 4.69) is 51.3 Å². The Morgan fingerprint density at radius 2 is 1.35 bits per heavy atom. The van der Waals surface area contributed by atoms with Crippen LogP contribution in [0.25, 0.3) is 0 Å². The molecule has 2 heterocycles. The zero-order valence-electron chi connectivity index (χ0n) is 14.3. The van der Waals surface area contributed by atoms with Gasteiger partial charge in [-0.2, -0.15) is 0 Å². The number of carbonyl (C=O) groups is 1. The fraction of sp³-hybridized carbons (Fsp3) is 0.941. The van der Waals surface area contributed by atoms with E-state index in [9.17, 15) is 4.79 Å². The molecule has 1 spiro atoms. The maximum atomic E-state index is 12.5. The Morgan fingerprint density at radius 1 is 0.850 bits per heavy atom. The van der Waals surface area contributed by atoms with Gasteiger partial charge in [0.05, 0.1) is 0 Å². The van der Waals surface area contributed by atoms with Crippen molar-refractivity contribution in [3.63, 3.8) is 0 Å². The van der Waals surface area contributed by atoms with Crippen molar-refractivity contribution in [3.05, 3.63) is 0 Å². The molecule has 2 fully saturated rings. The zero-order valence-corrected chi connectivity index (χ0v) is 14.3. The zero-order chi connectivity index (χ0) is 15.2. The van der Waals surface area contributed by atoms with Crippen LogP contribution in [0.2, 0.25) is 0 Å². The lowest BCUT2D eigenvalue weighted by atomic mass is 9.70. The van der Waals surface area contributed by atoms with Gasteiger partial charge in [0.1, 0.15) is 0 Å². The van der Waals surface area contributed by atoms with Crippen molar-refractivity contribution in [1.82, 2.24) is 9.80 Å². The quantitative estimate of drug-likeness (QED) is 0.680. The van der Waals surface area contributed by atoms with Crippen LogP contribution in [0.3, 0.4) is 0 Å². The lowest BCUT2D eigenvalue weighted by Crippen LogP contribution is -2.56. The molecule has 116 valence electrons. The highest BCUT2D eigenvalue weighted by atomic mass is 16.2. The molecule has 0 saturated carbocycles. The Morgan fingerprint density at radius 3 is 1.75 bits per heavy atom. The molecule has 3 heteroatoms. The molecule has 0 aromatic heterocycles. The summed E-state index contributed by atoms with van der Waals surface area (Å²) in [5, 5.41) is 0. The van der Waals surface area contributed by atoms with Crippen molar-refractivity contribution in [2.75, 3.05) is 19.6 Å². The summed E-state index contributed by atoms with van der Waals surface area (Å²) < 4.78 is 0. The Hall–Kier alpha value is -0.570. The Balaban J connectivity index is 1.99. The molecule has 0 N–H and O–H groups in total. The molecule has 2 aliphatic rings. The fourth-order valence-corrected chi connectivity index (χ4v) is 3.77. The van der Waals surface area contributed by atoms with Crippen LogP contribution in [0.5, 0.6) is 0 Å². The summed E-state index contributed by atoms with van der Waals surface area (Å²) >= 11 is 0. The third kappa shape index (κ3) is 3.19. The molecular weight excluding hydrogens is 248 g/mol. The molecule has 20 heavy (non-hydrogen) atoms. The first-order valence-corrected chi connectivity index (χ1v) is 8.09. The van der Waals surface area contributed by atoms with Crippen molar-refractivity contribution in [2.45, 2.75) is 78.3 Å². The predicted molar refractivity (Wildman–Crippen MR) is 83.7 cm³/mol. The fourth-order valence-electron chi connectivity index (χ4n) is 3.77. The molecule has 0 radical (unpaired) electrons. The largest absolute Gasteiger partial charge is 0.338 e. The molecule has 1 amide bonds. The highest BCUT2D eigenvalue weighted by Gasteiger charge is 2.44. The molecule has 2 saturated heterocycles. The van der Waals surface area contributed by atoms with E-state index >= 15 is 0 Å². The first-order chi connectivity index (χ1) is 9.04. The van der Waals surface area contributed by atoms with Crippen molar-refractivity contribution < 1.29 is 4.79 Å². The van der Waals surface area contributed by atoms with Crippen molar-refractivity contribution >= 4 is 5.91 Å². The van der Waals surface area contributed by atoms with E-state index in [1.165, 1.54) is 19.3 Å². The standard InChI is InChI=1S/C17H32N2O/c1-15(2,3)18-10-7-17(8-11-18)9-12-19(14(20)13-17)16(4,5)6/h7-13H2,1-6H3. The van der Waals surface area contributed by atoms with E-state index in [1.807, 2.05) is 0 Å². The minimum absolute atomic E-state index is 0.0230. The molecule has 0 aliphatic carbocycles. The van der Waals surface area contributed by atoms with Gasteiger partial charge in [-0.25, -0.2) is 0 Å². The first kappa shape index (κ1) is 15.8. The SMILES string of the molecule is CC(C)(C)N1CCC2(CC1)CCN(C(C)(C)C)C(=O)C2. The number of amides is 1. The number of carbonyl (C=O) groups excluding carboxylic acids is 1. The maximum absolute atomic E-state index is 12.5. The molecule has 2 rings (SSSR count). The van der Waals surface area contributed by atoms with Gasteiger partial charge in [-0.1, -0.05) is 0 Å². The Bertz CT molecular complexity index is 362. The van der Waals surface area contributed by atoms with Gasteiger partial charge >= 0.3 is 0 Å². The van der Waals surface area contributed by atoms with Crippen LogP contribution in [-0.2, 0) is 4.79 Å². The average molecular weight is 280 g/mol. The molecule has 0 bridgehead atoms. The predicted octanol–water partition coefficient (Wildman–Crippen LogP) is 3.29. The highest BCUT2D eigenvalue weighted by molar-refractivity contribution is 5.78. The summed E-state index contributed by atoms with van der Waals surface area (Å²) in [5.74, 6) is 0.368. The summed E-state index contributed by atoms with van der Waals surface area (Å²) in [4.78, 5) is 17.2. The summed E-state index contributed by atoms with van der Waals surface area (Å²) in [6.07, 6.45) is 4.33. The smallest absolute Gasteiger partial charge is 0.223 e. The number of nitrogens with zero attached hydrogens (tertiary/aromatic N) is 2. The minimum Gasteiger partial charge on any atom is -0.338 e. The van der Waals surface area contributed by atoms with E-state index in [1.54, 1.807) is 0 Å². The van der Waals surface area contributed by atoms with Gasteiger partial charge in [0.25, 0.3) is 0 Å². The molecule has 3 nitrogen and oxygen atoms in total. The van der Waals surface area contributed by atoms with Crippen LogP contribution in [0.15, 0.2) is 0 Å². The van der Waals surface area contributed by atoms with Gasteiger partial charge in [0.15, 0.2) is 0 Å². The number of rotatable bonds is 0. The monoisotopic (exact) mass is 280 g/mol. The molecule has 0 aromatic carbocycles. The van der Waals surface area contributed by atoms with Gasteiger partial charge in [-0.05, 0) is 79.3 Å². The lowest BCUT2D eigenvalue weighted by molar-refractivity contribution is -0.146. The van der Waals surface area contributed by atoms with Crippen LogP contribution in [-0.4, -0.2) is 46.4 Å². The lowest BCUT2D eigenvalue weighted by Gasteiger charge is -2.51. The van der Waals surface area contributed by atoms with Gasteiger partial charge in [0.2, 0.25) is 5.91 Å². The van der Waals surface area contributed by atoms with Crippen molar-refractivity contribution in [2.24, 2.45) is 5.41 Å². The van der Waals surface area contributed by atoms with Crippen molar-refractivity contribution in [1.29, 1.82) is 0 Å². The average Bonchev–Trinajstić information content (AvgIpc) is 2.26. The normalized spacial score (nSPS) is 25.3. The van der Waals surface area contributed by atoms with Crippen LogP contribution in [0.1, 0.15) is 67.2 Å². The number of likely N-dealkylation sites (tertiary alicyclic amines) is 2. The molecule has 0 atom stereocenters. The second kappa shape index (κ2) is 5.01. The van der Waals surface area contributed by atoms with E-state index in [0.717, 1.165) is 26.1 Å². The van der Waals surface area contributed by atoms with Crippen LogP contribution >= 0.6 is 0 Å². The van der Waals surface area contributed by atoms with E-state index < -0.39 is 0 Å². The second-order valence-electron chi connectivity index (χ2n) is 8.80. The second-order valence-corrected chi connectivity index (χ2v) is 8.80. The number of hydrogen-bond donors (Lipinski definition) is 0. The minimum atomic E-state index is -0.0230. The van der Waals surface area contributed by atoms with E-state index in [-0.39, 0.29) is 11.1 Å². The van der Waals surface area contributed by atoms with Gasteiger partial charge in [-0.15, -0.1) is 0 Å². The molecule has 0 unspecified atom stereocenters. The first-order valence-electron chi connectivity index (χ1n) is 8.09. The number of piperidine rings is 2. The topological polar surface area (TPSA) is 23.6 Å². The Kier molecular flexibility index (Phi) is 3.96. The third-order valence-corrected chi connectivity index (χ3v) is 5.28. The summed E-state index contributed by atoms with van der Waals surface area (Å²) in [6.45, 7) is 16.5. The number of hydrogen-bond acceptors (Lipinski definition) is 2. The Labute approximate surface area is 124 Å². The van der Waals surface area contributed by atoms with E-state index in [4.69, 9.17) is 0 Å². The summed E-state index contributed by atoms with van der Waals surface area (Å²) in [6, 6.07) is 0. The summed E-state index contributed by atoms with van der Waals surface area (Å²) in [5.41, 5.74) is 0.531. The van der Waals surface area contributed by atoms with Crippen molar-refractivity contribution in [3.8, 4) is 0 Å². The maximum Gasteiger partial charge on any atom is 0.223 e. The van der Waals surface area contributed by atoms with Gasteiger partial charge < -0.3 is 4.90 Å².